The van der Waals surface area contributed by atoms with E-state index in [1.807, 2.05) is 0 Å². The normalized spacial score (nSPS) is 28.1. The number of allylic oxidation sites excluding steroid dienone is 1. The fraction of sp³-hybridized carbons (Fsp3) is 0.500. The molecule has 3 aliphatic carbocycles. The van der Waals surface area contributed by atoms with Crippen LogP contribution in [0.4, 0.5) is 0 Å². The highest BCUT2D eigenvalue weighted by Crippen LogP contribution is 2.41. The Labute approximate surface area is 189 Å². The van der Waals surface area contributed by atoms with Gasteiger partial charge in [-0.05, 0) is 97.1 Å². The van der Waals surface area contributed by atoms with Crippen LogP contribution in [0.15, 0.2) is 42.5 Å². The van der Waals surface area contributed by atoms with Crippen molar-refractivity contribution in [3.05, 3.63) is 70.3 Å². The third-order valence-electron chi connectivity index (χ3n) is 8.39. The largest absolute Gasteiger partial charge is 0.299 e. The molecule has 0 spiro atoms. The van der Waals surface area contributed by atoms with Crippen LogP contribution < -0.4 is 0 Å². The average molecular weight is 415 g/mol. The smallest absolute Gasteiger partial charge is 0.139 e. The molecule has 0 heterocycles. The van der Waals surface area contributed by atoms with Crippen molar-refractivity contribution in [1.82, 2.24) is 0 Å². The van der Waals surface area contributed by atoms with E-state index in [-0.39, 0.29) is 1.43 Å². The van der Waals surface area contributed by atoms with Crippen LogP contribution in [-0.2, 0) is 11.2 Å². The quantitative estimate of drug-likeness (QED) is 0.495. The fourth-order valence-electron chi connectivity index (χ4n) is 6.28. The zero-order valence-corrected chi connectivity index (χ0v) is 19.2. The van der Waals surface area contributed by atoms with Crippen LogP contribution in [-0.4, -0.2) is 5.78 Å². The minimum Gasteiger partial charge on any atom is -0.299 e. The van der Waals surface area contributed by atoms with Crippen molar-refractivity contribution < 1.29 is 6.22 Å². The molecule has 5 rings (SSSR count). The lowest BCUT2D eigenvalue weighted by Crippen LogP contribution is -2.29. The fourth-order valence-corrected chi connectivity index (χ4v) is 6.28. The van der Waals surface area contributed by atoms with E-state index in [0.29, 0.717) is 23.5 Å². The molecular formula is C30H38O. The van der Waals surface area contributed by atoms with Crippen LogP contribution >= 0.6 is 0 Å². The molecule has 0 amide bonds. The van der Waals surface area contributed by atoms with Crippen LogP contribution in [0.2, 0.25) is 0 Å². The third-order valence-corrected chi connectivity index (χ3v) is 8.39. The monoisotopic (exact) mass is 414 g/mol. The maximum Gasteiger partial charge on any atom is 0.139 e. The molecule has 0 bridgehead atoms. The van der Waals surface area contributed by atoms with E-state index < -0.39 is 0 Å². The van der Waals surface area contributed by atoms with Gasteiger partial charge >= 0.3 is 0 Å². The van der Waals surface area contributed by atoms with E-state index in [1.165, 1.54) is 59.1 Å². The first-order valence-corrected chi connectivity index (χ1v) is 12.5. The number of carbonyl (C=O) groups is 1. The summed E-state index contributed by atoms with van der Waals surface area (Å²) in [5.41, 5.74) is 8.55. The summed E-state index contributed by atoms with van der Waals surface area (Å²) in [4.78, 5) is 13.1. The molecule has 0 unspecified atom stereocenters. The summed E-state index contributed by atoms with van der Waals surface area (Å²) in [6.07, 6.45) is 12.7. The van der Waals surface area contributed by atoms with Crippen molar-refractivity contribution in [3.63, 3.8) is 0 Å². The molecule has 1 heteroatoms. The van der Waals surface area contributed by atoms with Crippen LogP contribution in [0.3, 0.4) is 0 Å². The van der Waals surface area contributed by atoms with E-state index >= 15 is 0 Å². The van der Waals surface area contributed by atoms with E-state index in [0.717, 1.165) is 38.0 Å². The lowest BCUT2D eigenvalue weighted by Gasteiger charge is -2.32. The van der Waals surface area contributed by atoms with E-state index in [2.05, 4.69) is 62.4 Å². The zero-order valence-electron chi connectivity index (χ0n) is 19.2. The highest BCUT2D eigenvalue weighted by atomic mass is 16.1. The standard InChI is InChI=1S/C30H36O.H2/c1-20-7-10-23(11-8-20)30(31)24-15-13-22(14-16-24)27-12-9-21(2)29(19-27)28-17-25-5-3-4-6-26(25)18-28;/h3-6,9,12,17,19-20,22-24H,7-8,10-11,13-16,18H2,1-2H3;1H. The topological polar surface area (TPSA) is 17.1 Å². The Morgan fingerprint density at radius 1 is 0.871 bits per heavy atom. The van der Waals surface area contributed by atoms with Crippen LogP contribution in [0, 0.1) is 24.7 Å². The molecule has 0 N–H and O–H groups in total. The number of carbonyl (C=O) groups excluding carboxylic acids is 1. The Balaban J connectivity index is 0.00000245. The van der Waals surface area contributed by atoms with Crippen molar-refractivity contribution in [3.8, 4) is 0 Å². The highest BCUT2D eigenvalue weighted by molar-refractivity contribution is 5.89. The summed E-state index contributed by atoms with van der Waals surface area (Å²) in [5, 5.41) is 0. The van der Waals surface area contributed by atoms with Gasteiger partial charge in [-0.3, -0.25) is 4.79 Å². The van der Waals surface area contributed by atoms with Gasteiger partial charge in [-0.25, -0.2) is 0 Å². The van der Waals surface area contributed by atoms with Crippen LogP contribution in [0.1, 0.15) is 93.5 Å². The number of rotatable bonds is 4. The maximum absolute atomic E-state index is 13.1. The number of hydrogen-bond acceptors (Lipinski definition) is 1. The van der Waals surface area contributed by atoms with Crippen molar-refractivity contribution >= 4 is 17.4 Å². The van der Waals surface area contributed by atoms with Gasteiger partial charge in [0.2, 0.25) is 0 Å². The first-order valence-electron chi connectivity index (χ1n) is 12.5. The van der Waals surface area contributed by atoms with Crippen LogP contribution in [0.5, 0.6) is 0 Å². The summed E-state index contributed by atoms with van der Waals surface area (Å²) in [6.45, 7) is 4.57. The van der Waals surface area contributed by atoms with Gasteiger partial charge < -0.3 is 0 Å². The maximum atomic E-state index is 13.1. The molecule has 1 nitrogen and oxygen atoms in total. The Bertz CT molecular complexity index is 988. The van der Waals surface area contributed by atoms with Gasteiger partial charge in [-0.1, -0.05) is 68.3 Å². The van der Waals surface area contributed by atoms with Gasteiger partial charge in [-0.2, -0.15) is 0 Å². The summed E-state index contributed by atoms with van der Waals surface area (Å²) < 4.78 is 0. The summed E-state index contributed by atoms with van der Waals surface area (Å²) in [5.74, 6) is 2.72. The second kappa shape index (κ2) is 8.77. The van der Waals surface area contributed by atoms with Gasteiger partial charge in [0.1, 0.15) is 5.78 Å². The molecule has 2 fully saturated rings. The second-order valence-corrected chi connectivity index (χ2v) is 10.5. The minimum absolute atomic E-state index is 0. The van der Waals surface area contributed by atoms with Gasteiger partial charge in [0.15, 0.2) is 0 Å². The first kappa shape index (κ1) is 20.7. The molecule has 2 aromatic carbocycles. The SMILES string of the molecule is Cc1ccc(C2CCC(C(=O)C3CCC(C)CC3)CC2)cc1C1=Cc2ccccc2C1.[HH]. The zero-order chi connectivity index (χ0) is 21.4. The molecule has 3 aliphatic rings. The Morgan fingerprint density at radius 3 is 2.26 bits per heavy atom. The Hall–Kier alpha value is -2.15. The molecule has 0 aromatic heterocycles. The van der Waals surface area contributed by atoms with Crippen molar-refractivity contribution in [2.75, 3.05) is 0 Å². The molecule has 0 aliphatic heterocycles. The van der Waals surface area contributed by atoms with E-state index in [1.54, 1.807) is 0 Å². The lowest BCUT2D eigenvalue weighted by atomic mass is 9.71. The summed E-state index contributed by atoms with van der Waals surface area (Å²) in [6, 6.07) is 15.9. The highest BCUT2D eigenvalue weighted by Gasteiger charge is 2.33. The first-order chi connectivity index (χ1) is 15.1. The number of Topliss-reactive ketones (excluding diaryl/α,β-unsaturated/α-hetero) is 1. The number of fused-ring (bicyclic) bond motifs is 1. The molecule has 2 aromatic rings. The summed E-state index contributed by atoms with van der Waals surface area (Å²) >= 11 is 0. The summed E-state index contributed by atoms with van der Waals surface area (Å²) in [7, 11) is 0. The predicted molar refractivity (Wildman–Crippen MR) is 132 cm³/mol. The molecule has 31 heavy (non-hydrogen) atoms. The Morgan fingerprint density at radius 2 is 1.55 bits per heavy atom. The lowest BCUT2D eigenvalue weighted by molar-refractivity contribution is -0.129. The number of benzene rings is 2. The third kappa shape index (κ3) is 4.29. The molecular weight excluding hydrogens is 376 g/mol. The van der Waals surface area contributed by atoms with E-state index in [4.69, 9.17) is 0 Å². The van der Waals surface area contributed by atoms with Crippen LogP contribution in [0.25, 0.3) is 11.6 Å². The molecule has 2 saturated carbocycles. The number of hydrogen-bond donors (Lipinski definition) is 0. The minimum atomic E-state index is 0. The molecule has 0 saturated heterocycles. The van der Waals surface area contributed by atoms with Gasteiger partial charge in [0.05, 0.1) is 0 Å². The van der Waals surface area contributed by atoms with Crippen molar-refractivity contribution in [2.24, 2.45) is 17.8 Å². The molecule has 0 atom stereocenters. The van der Waals surface area contributed by atoms with E-state index in [9.17, 15) is 4.79 Å². The molecule has 164 valence electrons. The van der Waals surface area contributed by atoms with Gasteiger partial charge in [0.25, 0.3) is 0 Å². The van der Waals surface area contributed by atoms with Gasteiger partial charge in [0, 0.05) is 13.3 Å². The predicted octanol–water partition coefficient (Wildman–Crippen LogP) is 8.01. The Kier molecular flexibility index (Phi) is 5.87. The molecule has 0 radical (unpaired) electrons. The van der Waals surface area contributed by atoms with Gasteiger partial charge in [-0.15, -0.1) is 0 Å². The average Bonchev–Trinajstić information content (AvgIpc) is 3.24. The second-order valence-electron chi connectivity index (χ2n) is 10.5. The van der Waals surface area contributed by atoms with Crippen molar-refractivity contribution in [2.45, 2.75) is 77.6 Å². The number of aryl methyl sites for hydroxylation is 1. The number of ketones is 1. The van der Waals surface area contributed by atoms with Crippen molar-refractivity contribution in [1.29, 1.82) is 0 Å².